The molecule has 6 saturated heterocycles. The summed E-state index contributed by atoms with van der Waals surface area (Å²) in [5.41, 5.74) is 2.19. The molecular weight excluding hydrogens is 920 g/mol. The summed E-state index contributed by atoms with van der Waals surface area (Å²) in [5.74, 6) is -0.204. The lowest BCUT2D eigenvalue weighted by atomic mass is 10.2. The third-order valence-corrected chi connectivity index (χ3v) is 7.80. The SMILES string of the molecule is O=C1COC(=O)OC1.O=C1OC=CCO1.O=C1OCC(CO)O1.O=C1OCC(COCc2ccccc2)O1.O=C1OCC(O)CO1.O=C1OCC(OCc2ccccc2)CO1.O=C1OCCCO1. The maximum atomic E-state index is 10.6. The predicted molar refractivity (Wildman–Crippen MR) is 217 cm³/mol. The van der Waals surface area contributed by atoms with Crippen molar-refractivity contribution in [3.05, 3.63) is 84.1 Å². The van der Waals surface area contributed by atoms with Gasteiger partial charge in [-0.25, -0.2) is 33.6 Å². The molecule has 7 aliphatic rings. The molecule has 0 amide bonds. The van der Waals surface area contributed by atoms with Gasteiger partial charge in [0.25, 0.3) is 0 Å². The molecule has 68 heavy (non-hydrogen) atoms. The van der Waals surface area contributed by atoms with Crippen LogP contribution < -0.4 is 0 Å². The van der Waals surface area contributed by atoms with E-state index in [0.29, 0.717) is 39.6 Å². The van der Waals surface area contributed by atoms with Crippen LogP contribution in [0.4, 0.5) is 33.6 Å². The Bertz CT molecular complexity index is 1810. The first-order chi connectivity index (χ1) is 32.9. The second-order valence-electron chi connectivity index (χ2n) is 13.3. The smallest absolute Gasteiger partial charge is 0.434 e. The fourth-order valence-electron chi connectivity index (χ4n) is 4.57. The summed E-state index contributed by atoms with van der Waals surface area (Å²) in [7, 11) is 0. The average molecular weight is 971 g/mol. The summed E-state index contributed by atoms with van der Waals surface area (Å²) in [6.45, 7) is 3.43. The van der Waals surface area contributed by atoms with Gasteiger partial charge in [0.1, 0.15) is 58.5 Å². The van der Waals surface area contributed by atoms with Crippen molar-refractivity contribution >= 4 is 48.9 Å². The molecule has 0 radical (unpaired) electrons. The summed E-state index contributed by atoms with van der Waals surface area (Å²) in [6, 6.07) is 19.7. The maximum absolute atomic E-state index is 10.6. The van der Waals surface area contributed by atoms with Crippen molar-refractivity contribution in [1.82, 2.24) is 0 Å². The Balaban J connectivity index is 0.000000216. The molecule has 7 aliphatic heterocycles. The van der Waals surface area contributed by atoms with Gasteiger partial charge in [0, 0.05) is 6.42 Å². The van der Waals surface area contributed by atoms with Gasteiger partial charge in [-0.15, -0.1) is 0 Å². The molecule has 2 atom stereocenters. The van der Waals surface area contributed by atoms with Gasteiger partial charge in [-0.3, -0.25) is 4.79 Å². The molecule has 0 aromatic heterocycles. The zero-order chi connectivity index (χ0) is 49.2. The molecule has 0 spiro atoms. The monoisotopic (exact) mass is 970 g/mol. The second kappa shape index (κ2) is 33.1. The van der Waals surface area contributed by atoms with Gasteiger partial charge < -0.3 is 86.0 Å². The number of Topliss-reactive ketones (excluding diaryl/α,β-unsaturated/α-hetero) is 1. The van der Waals surface area contributed by atoms with E-state index in [1.165, 1.54) is 6.26 Å². The number of aliphatic hydroxyl groups is 2. The van der Waals surface area contributed by atoms with Crippen molar-refractivity contribution in [2.45, 2.75) is 44.1 Å². The van der Waals surface area contributed by atoms with Gasteiger partial charge in [-0.1, -0.05) is 60.7 Å². The van der Waals surface area contributed by atoms with Crippen LogP contribution >= 0.6 is 0 Å². The number of carbonyl (C=O) groups is 8. The predicted octanol–water partition coefficient (Wildman–Crippen LogP) is 3.44. The van der Waals surface area contributed by atoms with Crippen molar-refractivity contribution < 1.29 is 124 Å². The highest BCUT2D eigenvalue weighted by Gasteiger charge is 2.25. The minimum Gasteiger partial charge on any atom is -0.434 e. The third-order valence-electron chi connectivity index (χ3n) is 7.80. The van der Waals surface area contributed by atoms with Crippen LogP contribution in [0.5, 0.6) is 0 Å². The molecule has 9 rings (SSSR count). The van der Waals surface area contributed by atoms with Gasteiger partial charge in [-0.05, 0) is 17.2 Å². The van der Waals surface area contributed by atoms with Crippen LogP contribution in [0.15, 0.2) is 73.0 Å². The van der Waals surface area contributed by atoms with E-state index < -0.39 is 55.3 Å². The largest absolute Gasteiger partial charge is 0.513 e. The zero-order valence-electron chi connectivity index (χ0n) is 36.2. The van der Waals surface area contributed by atoms with Gasteiger partial charge in [0.05, 0.1) is 45.9 Å². The van der Waals surface area contributed by atoms with E-state index in [1.54, 1.807) is 6.08 Å². The molecule has 0 saturated carbocycles. The van der Waals surface area contributed by atoms with Crippen LogP contribution in [-0.4, -0.2) is 169 Å². The number of benzene rings is 2. The summed E-state index contributed by atoms with van der Waals surface area (Å²) < 4.78 is 72.8. The minimum absolute atomic E-state index is 0.0544. The molecular formula is C42H50O26. The van der Waals surface area contributed by atoms with E-state index in [9.17, 15) is 38.4 Å². The molecule has 26 nitrogen and oxygen atoms in total. The van der Waals surface area contributed by atoms with Crippen LogP contribution in [0.3, 0.4) is 0 Å². The average Bonchev–Trinajstić information content (AvgIpc) is 3.99. The first kappa shape index (κ1) is 54.9. The highest BCUT2D eigenvalue weighted by atomic mass is 16.8. The van der Waals surface area contributed by atoms with Crippen molar-refractivity contribution in [2.24, 2.45) is 0 Å². The van der Waals surface area contributed by atoms with Crippen molar-refractivity contribution in [1.29, 1.82) is 0 Å². The lowest BCUT2D eigenvalue weighted by molar-refractivity contribution is -0.131. The Morgan fingerprint density at radius 2 is 1.00 bits per heavy atom. The lowest BCUT2D eigenvalue weighted by Crippen LogP contribution is -2.33. The van der Waals surface area contributed by atoms with Crippen LogP contribution in [0.25, 0.3) is 0 Å². The molecule has 6 fully saturated rings. The summed E-state index contributed by atoms with van der Waals surface area (Å²) in [5, 5.41) is 17.0. The van der Waals surface area contributed by atoms with Gasteiger partial charge >= 0.3 is 43.1 Å². The number of aliphatic hydroxyl groups excluding tert-OH is 2. The Morgan fingerprint density at radius 3 is 1.40 bits per heavy atom. The van der Waals surface area contributed by atoms with E-state index in [2.05, 4.69) is 52.1 Å². The number of hydrogen-bond acceptors (Lipinski definition) is 26. The van der Waals surface area contributed by atoms with Crippen LogP contribution in [-0.2, 0) is 93.8 Å². The highest BCUT2D eigenvalue weighted by molar-refractivity contribution is 5.86. The second-order valence-corrected chi connectivity index (χ2v) is 13.3. The van der Waals surface area contributed by atoms with Crippen molar-refractivity contribution in [2.75, 3.05) is 85.9 Å². The molecule has 374 valence electrons. The topological polar surface area (TPSA) is 325 Å². The standard InChI is InChI=1S/2C11H12O4.C4H6O4.C4H4O4.C4H6O4.C4H6O3.C4H4O3/c12-11-14-7-10(8-15-11)13-6-9-4-2-1-3-5-9;12-11-14-8-10(15-11)7-13-6-9-4-2-1-3-5-9;2*5-3-1-7-4(6)8-2-3;5-1-3-2-7-4(6)8-3;2*5-4-6-2-1-3-7-4/h2*1-5,10H,6-8H2;3,5H,1-2H2;1-2H2;3,5H,1-2H2;1-3H2;1-2H,3H2. The first-order valence-electron chi connectivity index (χ1n) is 20.3. The number of carbonyl (C=O) groups excluding carboxylic acids is 8. The van der Waals surface area contributed by atoms with Crippen LogP contribution in [0.1, 0.15) is 17.5 Å². The fraction of sp³-hybridized carbons (Fsp3) is 0.476. The molecule has 2 aromatic carbocycles. The maximum Gasteiger partial charge on any atom is 0.513 e. The Morgan fingerprint density at radius 1 is 0.515 bits per heavy atom. The van der Waals surface area contributed by atoms with E-state index in [1.807, 2.05) is 60.7 Å². The Hall–Kier alpha value is -7.42. The summed E-state index contributed by atoms with van der Waals surface area (Å²) >= 11 is 0. The first-order valence-corrected chi connectivity index (χ1v) is 20.3. The van der Waals surface area contributed by atoms with Gasteiger partial charge in [0.2, 0.25) is 5.78 Å². The number of rotatable bonds is 8. The van der Waals surface area contributed by atoms with E-state index in [0.717, 1.165) is 17.5 Å². The molecule has 7 heterocycles. The molecule has 2 N–H and O–H groups in total. The van der Waals surface area contributed by atoms with Gasteiger partial charge in [0.15, 0.2) is 25.4 Å². The van der Waals surface area contributed by atoms with Crippen LogP contribution in [0, 0.1) is 0 Å². The molecule has 2 unspecified atom stereocenters. The van der Waals surface area contributed by atoms with E-state index in [-0.39, 0.29) is 77.5 Å². The minimum atomic E-state index is -0.760. The molecule has 0 bridgehead atoms. The van der Waals surface area contributed by atoms with E-state index in [4.69, 9.17) is 33.9 Å². The number of cyclic esters (lactones) is 14. The van der Waals surface area contributed by atoms with E-state index >= 15 is 0 Å². The van der Waals surface area contributed by atoms with Crippen molar-refractivity contribution in [3.63, 3.8) is 0 Å². The number of ketones is 1. The number of hydrogen-bond donors (Lipinski definition) is 2. The Labute approximate surface area is 386 Å². The quantitative estimate of drug-likeness (QED) is 0.283. The molecule has 2 aromatic rings. The lowest BCUT2D eigenvalue weighted by Gasteiger charge is -2.21. The third kappa shape index (κ3) is 26.5. The summed E-state index contributed by atoms with van der Waals surface area (Å²) in [4.78, 5) is 81.5. The van der Waals surface area contributed by atoms with Crippen LogP contribution in [0.2, 0.25) is 0 Å². The Kier molecular flexibility index (Phi) is 26.7. The van der Waals surface area contributed by atoms with Gasteiger partial charge in [-0.2, -0.15) is 0 Å². The fourth-order valence-corrected chi connectivity index (χ4v) is 4.57. The van der Waals surface area contributed by atoms with Crippen molar-refractivity contribution in [3.8, 4) is 0 Å². The highest BCUT2D eigenvalue weighted by Crippen LogP contribution is 2.10. The number of ether oxygens (including phenoxy) is 16. The molecule has 26 heteroatoms. The summed E-state index contributed by atoms with van der Waals surface area (Å²) in [6.07, 6.45) is -2.30. The molecule has 0 aliphatic carbocycles. The zero-order valence-corrected chi connectivity index (χ0v) is 36.2. The normalized spacial score (nSPS) is 20.1.